The molecule has 1 aromatic carbocycles. The number of carbonyl (C=O) groups excluding carboxylic acids is 1. The highest BCUT2D eigenvalue weighted by Crippen LogP contribution is 2.30. The van der Waals surface area contributed by atoms with Crippen LogP contribution in [0.25, 0.3) is 0 Å². The molecule has 25 heavy (non-hydrogen) atoms. The molecule has 1 fully saturated rings. The molecule has 0 radical (unpaired) electrons. The molecule has 1 saturated carbocycles. The predicted octanol–water partition coefficient (Wildman–Crippen LogP) is 2.18. The monoisotopic (exact) mass is 340 g/mol. The van der Waals surface area contributed by atoms with Crippen molar-refractivity contribution in [3.63, 3.8) is 0 Å². The Bertz CT molecular complexity index is 731. The molecule has 1 aliphatic carbocycles. The molecule has 6 heteroatoms. The Balaban J connectivity index is 1.40. The second-order valence-corrected chi connectivity index (χ2v) is 7.10. The number of aryl methyl sites for hydroxylation is 1. The number of carbonyl (C=O) groups is 1. The lowest BCUT2D eigenvalue weighted by Crippen LogP contribution is -2.49. The van der Waals surface area contributed by atoms with Gasteiger partial charge in [0.2, 0.25) is 0 Å². The molecule has 132 valence electrons. The first-order chi connectivity index (χ1) is 12.2. The molecule has 1 aromatic heterocycles. The summed E-state index contributed by atoms with van der Waals surface area (Å²) in [4.78, 5) is 18.6. The maximum Gasteiger partial charge on any atom is 0.322 e. The Labute approximate surface area is 147 Å². The van der Waals surface area contributed by atoms with E-state index < -0.39 is 6.10 Å². The van der Waals surface area contributed by atoms with Crippen molar-refractivity contribution < 1.29 is 9.90 Å². The molecule has 6 nitrogen and oxygen atoms in total. The zero-order chi connectivity index (χ0) is 17.2. The van der Waals surface area contributed by atoms with E-state index in [1.807, 2.05) is 33.9 Å². The number of nitrogens with one attached hydrogen (secondary N) is 1. The Morgan fingerprint density at radius 3 is 3.04 bits per heavy atom. The third-order valence-corrected chi connectivity index (χ3v) is 5.32. The number of urea groups is 1. The van der Waals surface area contributed by atoms with Crippen molar-refractivity contribution in [2.45, 2.75) is 44.4 Å². The molecule has 2 amide bonds. The third-order valence-electron chi connectivity index (χ3n) is 5.32. The molecule has 1 aliphatic heterocycles. The van der Waals surface area contributed by atoms with Gasteiger partial charge in [-0.1, -0.05) is 18.2 Å². The number of aliphatic hydroxyl groups excluding tert-OH is 1. The summed E-state index contributed by atoms with van der Waals surface area (Å²) < 4.78 is 2.03. The molecule has 1 unspecified atom stereocenters. The van der Waals surface area contributed by atoms with Crippen LogP contribution in [0.4, 0.5) is 10.5 Å². The first kappa shape index (κ1) is 16.1. The van der Waals surface area contributed by atoms with E-state index in [1.54, 1.807) is 12.5 Å². The fraction of sp³-hybridized carbons (Fsp3) is 0.474. The summed E-state index contributed by atoms with van der Waals surface area (Å²) in [6.45, 7) is 1.56. The highest BCUT2D eigenvalue weighted by Gasteiger charge is 2.35. The smallest absolute Gasteiger partial charge is 0.322 e. The average molecular weight is 340 g/mol. The minimum Gasteiger partial charge on any atom is -0.391 e. The van der Waals surface area contributed by atoms with Gasteiger partial charge in [0.05, 0.1) is 18.5 Å². The molecule has 4 rings (SSSR count). The van der Waals surface area contributed by atoms with E-state index in [-0.39, 0.29) is 12.1 Å². The maximum absolute atomic E-state index is 12.8. The Morgan fingerprint density at radius 2 is 2.20 bits per heavy atom. The summed E-state index contributed by atoms with van der Waals surface area (Å²) in [5, 5.41) is 13.4. The summed E-state index contributed by atoms with van der Waals surface area (Å²) in [6.07, 6.45) is 8.49. The van der Waals surface area contributed by atoms with Gasteiger partial charge in [0.1, 0.15) is 0 Å². The molecule has 0 saturated heterocycles. The van der Waals surface area contributed by atoms with Crippen LogP contribution in [0.1, 0.15) is 24.8 Å². The summed E-state index contributed by atoms with van der Waals surface area (Å²) in [6, 6.07) is 7.79. The minimum atomic E-state index is -0.488. The van der Waals surface area contributed by atoms with Crippen molar-refractivity contribution in [3.05, 3.63) is 48.5 Å². The van der Waals surface area contributed by atoms with Crippen LogP contribution in [0.2, 0.25) is 0 Å². The summed E-state index contributed by atoms with van der Waals surface area (Å²) in [7, 11) is 0. The number of benzene rings is 1. The second kappa shape index (κ2) is 6.88. The van der Waals surface area contributed by atoms with Crippen LogP contribution in [0.15, 0.2) is 43.0 Å². The van der Waals surface area contributed by atoms with E-state index in [0.29, 0.717) is 12.3 Å². The van der Waals surface area contributed by atoms with Crippen LogP contribution in [-0.4, -0.2) is 39.4 Å². The Hall–Kier alpha value is -2.34. The van der Waals surface area contributed by atoms with E-state index in [9.17, 15) is 9.90 Å². The number of aliphatic hydroxyl groups is 1. The van der Waals surface area contributed by atoms with Gasteiger partial charge in [0.15, 0.2) is 0 Å². The van der Waals surface area contributed by atoms with Crippen LogP contribution in [0.5, 0.6) is 0 Å². The van der Waals surface area contributed by atoms with Crippen LogP contribution in [0.3, 0.4) is 0 Å². The molecule has 3 atom stereocenters. The molecule has 0 spiro atoms. The largest absolute Gasteiger partial charge is 0.391 e. The minimum absolute atomic E-state index is 0.0977. The number of nitrogens with zero attached hydrogens (tertiary/aromatic N) is 3. The Morgan fingerprint density at radius 1 is 1.32 bits per heavy atom. The van der Waals surface area contributed by atoms with E-state index in [0.717, 1.165) is 38.0 Å². The van der Waals surface area contributed by atoms with Gasteiger partial charge in [-0.2, -0.15) is 0 Å². The molecular weight excluding hydrogens is 316 g/mol. The van der Waals surface area contributed by atoms with Gasteiger partial charge in [-0.25, -0.2) is 9.78 Å². The highest BCUT2D eigenvalue weighted by atomic mass is 16.3. The highest BCUT2D eigenvalue weighted by molar-refractivity contribution is 5.93. The van der Waals surface area contributed by atoms with Gasteiger partial charge in [0.25, 0.3) is 0 Å². The third kappa shape index (κ3) is 3.39. The van der Waals surface area contributed by atoms with Crippen LogP contribution in [0, 0.1) is 5.92 Å². The van der Waals surface area contributed by atoms with Crippen molar-refractivity contribution in [1.29, 1.82) is 0 Å². The first-order valence-electron chi connectivity index (χ1n) is 9.00. The van der Waals surface area contributed by atoms with Crippen molar-refractivity contribution in [1.82, 2.24) is 14.9 Å². The summed E-state index contributed by atoms with van der Waals surface area (Å²) in [5.74, 6) is 0.350. The van der Waals surface area contributed by atoms with E-state index in [1.165, 1.54) is 5.56 Å². The lowest BCUT2D eigenvalue weighted by molar-refractivity contribution is 0.147. The summed E-state index contributed by atoms with van der Waals surface area (Å²) >= 11 is 0. The van der Waals surface area contributed by atoms with Crippen LogP contribution < -0.4 is 10.2 Å². The van der Waals surface area contributed by atoms with Crippen molar-refractivity contribution >= 4 is 11.7 Å². The number of imidazole rings is 1. The van der Waals surface area contributed by atoms with Gasteiger partial charge >= 0.3 is 6.03 Å². The fourth-order valence-corrected chi connectivity index (χ4v) is 4.10. The van der Waals surface area contributed by atoms with Crippen LogP contribution >= 0.6 is 0 Å². The normalized spacial score (nSPS) is 25.6. The van der Waals surface area contributed by atoms with Gasteiger partial charge in [-0.3, -0.25) is 4.90 Å². The number of aromatic nitrogens is 2. The van der Waals surface area contributed by atoms with E-state index in [4.69, 9.17) is 0 Å². The van der Waals surface area contributed by atoms with E-state index >= 15 is 0 Å². The fourth-order valence-electron chi connectivity index (χ4n) is 4.10. The molecule has 2 aromatic rings. The Kier molecular flexibility index (Phi) is 4.44. The lowest BCUT2D eigenvalue weighted by Gasteiger charge is -2.31. The first-order valence-corrected chi connectivity index (χ1v) is 9.00. The average Bonchev–Trinajstić information content (AvgIpc) is 3.25. The zero-order valence-corrected chi connectivity index (χ0v) is 14.2. The standard InChI is InChI=1S/C19H24N4O2/c24-18-11-14(12-22-9-7-20-13-22)10-16(18)21-19(25)23-8-3-5-15-4-1-2-6-17(15)23/h1-2,4,6-7,9,13-14,16,18,24H,3,5,8,10-12H2,(H,21,25)/t14?,16-,18-/m1/s1. The second-order valence-electron chi connectivity index (χ2n) is 7.10. The topological polar surface area (TPSA) is 70.4 Å². The zero-order valence-electron chi connectivity index (χ0n) is 14.2. The lowest BCUT2D eigenvalue weighted by atomic mass is 10.0. The quantitative estimate of drug-likeness (QED) is 0.900. The number of rotatable bonds is 3. The molecule has 2 heterocycles. The van der Waals surface area contributed by atoms with Crippen molar-refractivity contribution in [3.8, 4) is 0 Å². The molecular formula is C19H24N4O2. The predicted molar refractivity (Wildman–Crippen MR) is 95.4 cm³/mol. The number of hydrogen-bond donors (Lipinski definition) is 2. The number of fused-ring (bicyclic) bond motifs is 1. The molecule has 2 N–H and O–H groups in total. The SMILES string of the molecule is O=C(N[C@@H]1CC(Cn2ccnc2)C[C@H]1O)N1CCCc2ccccc21. The number of para-hydroxylation sites is 1. The van der Waals surface area contributed by atoms with Gasteiger partial charge in [-0.05, 0) is 43.2 Å². The number of amides is 2. The van der Waals surface area contributed by atoms with Gasteiger partial charge < -0.3 is 15.0 Å². The van der Waals surface area contributed by atoms with E-state index in [2.05, 4.69) is 16.4 Å². The van der Waals surface area contributed by atoms with Crippen molar-refractivity contribution in [2.75, 3.05) is 11.4 Å². The summed E-state index contributed by atoms with van der Waals surface area (Å²) in [5.41, 5.74) is 2.21. The number of hydrogen-bond acceptors (Lipinski definition) is 3. The van der Waals surface area contributed by atoms with Gasteiger partial charge in [-0.15, -0.1) is 0 Å². The van der Waals surface area contributed by atoms with Crippen molar-refractivity contribution in [2.24, 2.45) is 5.92 Å². The van der Waals surface area contributed by atoms with Crippen LogP contribution in [-0.2, 0) is 13.0 Å². The number of anilines is 1. The maximum atomic E-state index is 12.8. The van der Waals surface area contributed by atoms with Gasteiger partial charge in [0, 0.05) is 31.2 Å². The molecule has 0 bridgehead atoms. The molecule has 2 aliphatic rings.